The number of anilines is 1. The molecule has 0 saturated carbocycles. The minimum Gasteiger partial charge on any atom is -1.00 e. The standard InChI is InChI=1S/C18H17.C16H17NSi.2ClH.Zr/c1-13(2)16-11-15-9-6-10-17(18(15)12-16)14-7-4-3-5-8-14;1-18(2)12-13-8-14-10-17(11-15(14)9-13)16-6-4-3-5-7-16;;;/h3-13H,1-2H3;3-10,12H,11H2,1-2H3;2*1H;/q-1;;;;+3/p-2. The number of fused-ring (bicyclic) bond motifs is 2. The maximum atomic E-state index is 2.42. The van der Waals surface area contributed by atoms with Gasteiger partial charge in [0.05, 0.1) is 0 Å². The summed E-state index contributed by atoms with van der Waals surface area (Å²) in [5.41, 5.74) is 12.0. The number of nitrogens with zero attached hydrogens (tertiary/aromatic N) is 1. The van der Waals surface area contributed by atoms with Crippen LogP contribution in [-0.2, 0) is 26.2 Å². The molecule has 2 aliphatic rings. The van der Waals surface area contributed by atoms with E-state index in [1.807, 2.05) is 0 Å². The molecule has 0 amide bonds. The maximum absolute atomic E-state index is 2.42. The third kappa shape index (κ3) is 7.95. The Labute approximate surface area is 266 Å². The molecule has 0 saturated heterocycles. The van der Waals surface area contributed by atoms with Crippen molar-refractivity contribution in [3.8, 4) is 11.1 Å². The minimum absolute atomic E-state index is 0. The summed E-state index contributed by atoms with van der Waals surface area (Å²) < 4.78 is 0. The normalized spacial score (nSPS) is 13.1. The molecule has 39 heavy (non-hydrogen) atoms. The van der Waals surface area contributed by atoms with E-state index in [0.717, 1.165) is 6.54 Å². The number of para-hydroxylation sites is 1. The van der Waals surface area contributed by atoms with E-state index in [-0.39, 0.29) is 59.4 Å². The maximum Gasteiger partial charge on any atom is 3.00 e. The zero-order valence-electron chi connectivity index (χ0n) is 23.0. The van der Waals surface area contributed by atoms with Crippen molar-refractivity contribution in [3.63, 3.8) is 0 Å². The van der Waals surface area contributed by atoms with Gasteiger partial charge in [0, 0.05) is 26.8 Å². The van der Waals surface area contributed by atoms with Crippen LogP contribution in [0.25, 0.3) is 21.9 Å². The number of hydrogen-bond acceptors (Lipinski definition) is 1. The van der Waals surface area contributed by atoms with Crippen LogP contribution in [0.2, 0.25) is 13.1 Å². The van der Waals surface area contributed by atoms with E-state index in [2.05, 4.69) is 147 Å². The quantitative estimate of drug-likeness (QED) is 0.244. The molecule has 0 aromatic heterocycles. The zero-order chi connectivity index (χ0) is 25.1. The van der Waals surface area contributed by atoms with Crippen LogP contribution in [0.15, 0.2) is 126 Å². The molecule has 4 aromatic carbocycles. The smallest absolute Gasteiger partial charge is 1.00 e. The van der Waals surface area contributed by atoms with E-state index in [9.17, 15) is 0 Å². The fourth-order valence-corrected chi connectivity index (χ4v) is 5.75. The fourth-order valence-electron chi connectivity index (χ4n) is 4.92. The molecule has 6 rings (SSSR count). The summed E-state index contributed by atoms with van der Waals surface area (Å²) in [5.74, 6) is 0.584. The van der Waals surface area contributed by atoms with Crippen LogP contribution in [-0.4, -0.2) is 20.6 Å². The predicted octanol–water partition coefficient (Wildman–Crippen LogP) is 2.75. The summed E-state index contributed by atoms with van der Waals surface area (Å²) in [5, 5.41) is 2.72. The fraction of sp³-hybridized carbons (Fsp3) is 0.176. The van der Waals surface area contributed by atoms with Crippen molar-refractivity contribution >= 4 is 30.5 Å². The van der Waals surface area contributed by atoms with E-state index in [4.69, 9.17) is 0 Å². The topological polar surface area (TPSA) is 3.24 Å². The number of allylic oxidation sites excluding steroid dienone is 3. The Hall–Kier alpha value is -2.16. The zero-order valence-corrected chi connectivity index (χ0v) is 27.9. The monoisotopic (exact) mass is 644 g/mol. The Morgan fingerprint density at radius 3 is 2.13 bits per heavy atom. The van der Waals surface area contributed by atoms with Crippen molar-refractivity contribution < 1.29 is 51.0 Å². The molecule has 0 bridgehead atoms. The van der Waals surface area contributed by atoms with Gasteiger partial charge in [0.2, 0.25) is 0 Å². The van der Waals surface area contributed by atoms with E-state index >= 15 is 0 Å². The van der Waals surface area contributed by atoms with Gasteiger partial charge in [-0.15, -0.1) is 34.5 Å². The first kappa shape index (κ1) is 33.0. The molecule has 0 fully saturated rings. The Morgan fingerprint density at radius 1 is 0.846 bits per heavy atom. The second-order valence-corrected chi connectivity index (χ2v) is 12.6. The third-order valence-corrected chi connectivity index (χ3v) is 7.65. The molecular weight excluding hydrogens is 613 g/mol. The molecule has 1 nitrogen and oxygen atoms in total. The van der Waals surface area contributed by atoms with Gasteiger partial charge in [0.1, 0.15) is 0 Å². The molecule has 0 N–H and O–H groups in total. The largest absolute Gasteiger partial charge is 3.00 e. The van der Waals surface area contributed by atoms with Crippen molar-refractivity contribution in [2.24, 2.45) is 0 Å². The minimum atomic E-state index is -0.292. The Bertz CT molecular complexity index is 1490. The van der Waals surface area contributed by atoms with Gasteiger partial charge in [0.15, 0.2) is 0 Å². The summed E-state index contributed by atoms with van der Waals surface area (Å²) in [6.07, 6.45) is 6.92. The molecule has 1 heterocycles. The molecule has 0 atom stereocenters. The van der Waals surface area contributed by atoms with Crippen molar-refractivity contribution in [1.29, 1.82) is 0 Å². The third-order valence-electron chi connectivity index (χ3n) is 6.74. The average molecular weight is 647 g/mol. The first-order chi connectivity index (χ1) is 17.5. The summed E-state index contributed by atoms with van der Waals surface area (Å²) >= 11 is 0. The SMILES string of the molecule is CC(C)c1cc2c(-c3ccccc3)cccc2[cH-]1.C[Si](C)=CC1=CC2=CN(c3ccccc3)CC2=C1.[Cl-].[Cl-].[Zr+3]. The van der Waals surface area contributed by atoms with Crippen LogP contribution in [0.4, 0.5) is 5.69 Å². The predicted molar refractivity (Wildman–Crippen MR) is 161 cm³/mol. The molecular formula is C34H34Cl2NSiZr. The number of hydrogen-bond donors (Lipinski definition) is 0. The van der Waals surface area contributed by atoms with Gasteiger partial charge in [-0.3, -0.25) is 0 Å². The first-order valence-corrected chi connectivity index (χ1v) is 15.4. The second kappa shape index (κ2) is 15.0. The molecule has 0 spiro atoms. The van der Waals surface area contributed by atoms with Gasteiger partial charge in [-0.2, -0.15) is 6.07 Å². The van der Waals surface area contributed by atoms with E-state index in [1.54, 1.807) is 0 Å². The Kier molecular flexibility index (Phi) is 12.7. The summed E-state index contributed by atoms with van der Waals surface area (Å²) in [6.45, 7) is 10.1. The Balaban J connectivity index is 0.000000254. The molecule has 5 heteroatoms. The molecule has 197 valence electrons. The molecule has 1 aliphatic carbocycles. The van der Waals surface area contributed by atoms with Crippen LogP contribution in [0.1, 0.15) is 25.3 Å². The summed E-state index contributed by atoms with van der Waals surface area (Å²) in [4.78, 5) is 2.32. The van der Waals surface area contributed by atoms with Gasteiger partial charge in [-0.1, -0.05) is 92.8 Å². The van der Waals surface area contributed by atoms with Crippen molar-refractivity contribution in [2.45, 2.75) is 32.9 Å². The molecule has 1 aliphatic heterocycles. The molecule has 1 radical (unpaired) electrons. The summed E-state index contributed by atoms with van der Waals surface area (Å²) in [7, 11) is -0.292. The summed E-state index contributed by atoms with van der Waals surface area (Å²) in [6, 6.07) is 32.4. The van der Waals surface area contributed by atoms with Gasteiger partial charge >= 0.3 is 26.2 Å². The van der Waals surface area contributed by atoms with Crippen molar-refractivity contribution in [2.75, 3.05) is 11.4 Å². The van der Waals surface area contributed by atoms with Crippen LogP contribution < -0.4 is 29.7 Å². The van der Waals surface area contributed by atoms with E-state index < -0.39 is 0 Å². The molecule has 4 aromatic rings. The van der Waals surface area contributed by atoms with Crippen LogP contribution >= 0.6 is 0 Å². The number of benzene rings is 3. The van der Waals surface area contributed by atoms with Gasteiger partial charge in [-0.05, 0) is 52.5 Å². The first-order valence-electron chi connectivity index (χ1n) is 12.8. The van der Waals surface area contributed by atoms with Crippen LogP contribution in [0, 0.1) is 0 Å². The van der Waals surface area contributed by atoms with Crippen LogP contribution in [0.3, 0.4) is 0 Å². The van der Waals surface area contributed by atoms with E-state index in [1.165, 1.54) is 49.9 Å². The van der Waals surface area contributed by atoms with Gasteiger partial charge in [0.25, 0.3) is 0 Å². The Morgan fingerprint density at radius 2 is 1.51 bits per heavy atom. The van der Waals surface area contributed by atoms with Gasteiger partial charge < -0.3 is 29.7 Å². The second-order valence-electron chi connectivity index (χ2n) is 10.2. The van der Waals surface area contributed by atoms with Crippen molar-refractivity contribution in [1.82, 2.24) is 0 Å². The van der Waals surface area contributed by atoms with E-state index in [0.29, 0.717) is 5.92 Å². The van der Waals surface area contributed by atoms with Crippen molar-refractivity contribution in [3.05, 3.63) is 132 Å². The number of halogens is 2. The number of rotatable bonds is 4. The average Bonchev–Trinajstić information content (AvgIpc) is 3.58. The van der Waals surface area contributed by atoms with Gasteiger partial charge in [-0.25, -0.2) is 0 Å². The van der Waals surface area contributed by atoms with Crippen LogP contribution in [0.5, 0.6) is 0 Å². The molecule has 0 unspecified atom stereocenters.